The van der Waals surface area contributed by atoms with E-state index in [4.69, 9.17) is 8.85 Å². The van der Waals surface area contributed by atoms with Crippen LogP contribution in [-0.2, 0) is 8.85 Å². The summed E-state index contributed by atoms with van der Waals surface area (Å²) in [5, 5.41) is 0. The van der Waals surface area contributed by atoms with Gasteiger partial charge in [-0.25, -0.2) is 0 Å². The van der Waals surface area contributed by atoms with Gasteiger partial charge in [0.15, 0.2) is 0 Å². The van der Waals surface area contributed by atoms with Crippen LogP contribution in [0.2, 0.25) is 6.04 Å². The van der Waals surface area contributed by atoms with Crippen LogP contribution < -0.4 is 0 Å². The average Bonchev–Trinajstić information content (AvgIpc) is 2.08. The zero-order valence-electron chi connectivity index (χ0n) is 7.76. The van der Waals surface area contributed by atoms with E-state index < -0.39 is 8.56 Å². The second-order valence-corrected chi connectivity index (χ2v) is 7.45. The Morgan fingerprint density at radius 2 is 1.73 bits per heavy atom. The van der Waals surface area contributed by atoms with Gasteiger partial charge in [-0.1, -0.05) is 13.8 Å². The zero-order chi connectivity index (χ0) is 8.91. The second kappa shape index (κ2) is 5.19. The lowest BCUT2D eigenvalue weighted by Crippen LogP contribution is -2.48. The van der Waals surface area contributed by atoms with Gasteiger partial charge in [0.05, 0.1) is 0 Å². The van der Waals surface area contributed by atoms with Crippen molar-refractivity contribution in [3.8, 4) is 0 Å². The lowest BCUT2D eigenvalue weighted by molar-refractivity contribution is 0.240. The summed E-state index contributed by atoms with van der Waals surface area (Å²) in [6.45, 7) is 4.20. The summed E-state index contributed by atoms with van der Waals surface area (Å²) in [6.07, 6.45) is 1.00. The molecule has 0 radical (unpaired) electrons. The Kier molecular flexibility index (Phi) is 5.42. The highest BCUT2D eigenvalue weighted by molar-refractivity contribution is 7.83. The molecule has 1 atom stereocenters. The Balaban J connectivity index is 4.26. The maximum absolute atomic E-state index is 5.43. The third kappa shape index (κ3) is 2.47. The molecule has 0 aromatic heterocycles. The number of thiol groups is 1. The van der Waals surface area contributed by atoms with E-state index in [1.54, 1.807) is 14.2 Å². The zero-order valence-corrected chi connectivity index (χ0v) is 9.65. The molecule has 0 bridgehead atoms. The summed E-state index contributed by atoms with van der Waals surface area (Å²) < 4.78 is 10.9. The van der Waals surface area contributed by atoms with Crippen LogP contribution in [0.4, 0.5) is 0 Å². The minimum Gasteiger partial charge on any atom is -0.397 e. The Hall–Kier alpha value is 0.487. The van der Waals surface area contributed by atoms with Crippen molar-refractivity contribution in [1.29, 1.82) is 0 Å². The molecule has 0 aliphatic rings. The SMILES string of the molecule is CCC(S)[Si](CC)(OC)OC. The molecule has 0 fully saturated rings. The van der Waals surface area contributed by atoms with E-state index >= 15 is 0 Å². The third-order valence-electron chi connectivity index (χ3n) is 2.08. The summed E-state index contributed by atoms with van der Waals surface area (Å²) in [5.74, 6) is 0. The predicted molar refractivity (Wildman–Crippen MR) is 53.3 cm³/mol. The van der Waals surface area contributed by atoms with Gasteiger partial charge in [-0.05, 0) is 12.5 Å². The number of hydrogen-bond donors (Lipinski definition) is 1. The first kappa shape index (κ1) is 11.5. The number of rotatable bonds is 5. The fourth-order valence-electron chi connectivity index (χ4n) is 1.19. The van der Waals surface area contributed by atoms with E-state index in [0.717, 1.165) is 12.5 Å². The Morgan fingerprint density at radius 1 is 1.27 bits per heavy atom. The summed E-state index contributed by atoms with van der Waals surface area (Å²) in [5.41, 5.74) is 0. The average molecular weight is 194 g/mol. The minimum atomic E-state index is -1.96. The van der Waals surface area contributed by atoms with Crippen LogP contribution in [0.1, 0.15) is 20.3 Å². The quantitative estimate of drug-likeness (QED) is 0.533. The van der Waals surface area contributed by atoms with Crippen molar-refractivity contribution in [2.24, 2.45) is 0 Å². The van der Waals surface area contributed by atoms with Gasteiger partial charge in [-0.15, -0.1) is 0 Å². The van der Waals surface area contributed by atoms with Crippen LogP contribution in [0.3, 0.4) is 0 Å². The molecule has 1 unspecified atom stereocenters. The first-order valence-corrected chi connectivity index (χ1v) is 6.56. The largest absolute Gasteiger partial charge is 0.397 e. The van der Waals surface area contributed by atoms with Crippen molar-refractivity contribution < 1.29 is 8.85 Å². The normalized spacial score (nSPS) is 15.0. The smallest absolute Gasteiger partial charge is 0.350 e. The standard InChI is InChI=1S/C7H18O2SSi/c1-5-7(10)11(6-2,8-3)9-4/h7,10H,5-6H2,1-4H3. The molecular formula is C7H18O2SSi. The van der Waals surface area contributed by atoms with Gasteiger partial charge >= 0.3 is 8.56 Å². The lowest BCUT2D eigenvalue weighted by atomic mass is 10.6. The molecule has 0 aliphatic heterocycles. The molecule has 0 saturated carbocycles. The van der Waals surface area contributed by atoms with Crippen LogP contribution in [0.5, 0.6) is 0 Å². The molecule has 0 N–H and O–H groups in total. The molecule has 0 saturated heterocycles. The molecule has 68 valence electrons. The van der Waals surface area contributed by atoms with Crippen molar-refractivity contribution in [3.05, 3.63) is 0 Å². The van der Waals surface area contributed by atoms with Crippen LogP contribution >= 0.6 is 12.6 Å². The van der Waals surface area contributed by atoms with Crippen molar-refractivity contribution in [2.75, 3.05) is 14.2 Å². The van der Waals surface area contributed by atoms with Crippen molar-refractivity contribution in [2.45, 2.75) is 31.2 Å². The highest BCUT2D eigenvalue weighted by Crippen LogP contribution is 2.22. The fraction of sp³-hybridized carbons (Fsp3) is 1.00. The monoisotopic (exact) mass is 194 g/mol. The molecule has 0 amide bonds. The van der Waals surface area contributed by atoms with E-state index in [-0.39, 0.29) is 4.87 Å². The summed E-state index contributed by atoms with van der Waals surface area (Å²) >= 11 is 4.46. The summed E-state index contributed by atoms with van der Waals surface area (Å²) in [6, 6.07) is 0.960. The Bertz CT molecular complexity index is 98.3. The van der Waals surface area contributed by atoms with E-state index in [9.17, 15) is 0 Å². The highest BCUT2D eigenvalue weighted by Gasteiger charge is 2.39. The van der Waals surface area contributed by atoms with Crippen molar-refractivity contribution >= 4 is 21.2 Å². The first-order chi connectivity index (χ1) is 5.16. The van der Waals surface area contributed by atoms with Gasteiger partial charge in [0.25, 0.3) is 0 Å². The van der Waals surface area contributed by atoms with Crippen LogP contribution in [0, 0.1) is 0 Å². The topological polar surface area (TPSA) is 18.5 Å². The van der Waals surface area contributed by atoms with Crippen molar-refractivity contribution in [3.63, 3.8) is 0 Å². The van der Waals surface area contributed by atoms with Gasteiger partial charge < -0.3 is 8.85 Å². The molecule has 4 heteroatoms. The van der Waals surface area contributed by atoms with Crippen LogP contribution in [-0.4, -0.2) is 27.7 Å². The third-order valence-corrected chi connectivity index (χ3v) is 7.41. The number of hydrogen-bond acceptors (Lipinski definition) is 3. The van der Waals surface area contributed by atoms with E-state index in [1.807, 2.05) is 0 Å². The predicted octanol–water partition coefficient (Wildman–Crippen LogP) is 1.99. The molecule has 11 heavy (non-hydrogen) atoms. The molecule has 2 nitrogen and oxygen atoms in total. The maximum Gasteiger partial charge on any atom is 0.350 e. The maximum atomic E-state index is 5.43. The summed E-state index contributed by atoms with van der Waals surface area (Å²) in [7, 11) is 1.48. The van der Waals surface area contributed by atoms with Crippen LogP contribution in [0.15, 0.2) is 0 Å². The van der Waals surface area contributed by atoms with Crippen LogP contribution in [0.25, 0.3) is 0 Å². The molecule has 0 aromatic rings. The van der Waals surface area contributed by atoms with Gasteiger partial charge in [0.2, 0.25) is 0 Å². The van der Waals surface area contributed by atoms with E-state index in [0.29, 0.717) is 0 Å². The lowest BCUT2D eigenvalue weighted by Gasteiger charge is -2.30. The molecule has 0 heterocycles. The molecule has 0 spiro atoms. The van der Waals surface area contributed by atoms with Gasteiger partial charge in [-0.2, -0.15) is 12.6 Å². The Morgan fingerprint density at radius 3 is 1.82 bits per heavy atom. The highest BCUT2D eigenvalue weighted by atomic mass is 32.1. The summed E-state index contributed by atoms with van der Waals surface area (Å²) in [4.78, 5) is 0.280. The van der Waals surface area contributed by atoms with E-state index in [1.165, 1.54) is 0 Å². The van der Waals surface area contributed by atoms with Gasteiger partial charge in [0, 0.05) is 19.1 Å². The Labute approximate surface area is 75.9 Å². The first-order valence-electron chi connectivity index (χ1n) is 3.95. The molecule has 0 aliphatic carbocycles. The van der Waals surface area contributed by atoms with Gasteiger partial charge in [0.1, 0.15) is 0 Å². The van der Waals surface area contributed by atoms with Gasteiger partial charge in [-0.3, -0.25) is 0 Å². The fourth-order valence-corrected chi connectivity index (χ4v) is 4.75. The second-order valence-electron chi connectivity index (χ2n) is 2.50. The van der Waals surface area contributed by atoms with E-state index in [2.05, 4.69) is 26.5 Å². The molecule has 0 rings (SSSR count). The molecule has 0 aromatic carbocycles. The van der Waals surface area contributed by atoms with Crippen molar-refractivity contribution in [1.82, 2.24) is 0 Å². The minimum absolute atomic E-state index is 0.280. The molecular weight excluding hydrogens is 176 g/mol.